The molecule has 0 spiro atoms. The van der Waals surface area contributed by atoms with Crippen molar-refractivity contribution in [2.75, 3.05) is 0 Å². The molecular formula is C15H19N5O3. The van der Waals surface area contributed by atoms with Gasteiger partial charge < -0.3 is 10.4 Å². The molecule has 2 rings (SSSR count). The van der Waals surface area contributed by atoms with Gasteiger partial charge >= 0.3 is 5.97 Å². The summed E-state index contributed by atoms with van der Waals surface area (Å²) in [5.41, 5.74) is -0.505. The molecule has 1 unspecified atom stereocenters. The van der Waals surface area contributed by atoms with Gasteiger partial charge in [0, 0.05) is 5.56 Å². The van der Waals surface area contributed by atoms with Gasteiger partial charge in [-0.15, -0.1) is 10.2 Å². The number of benzene rings is 1. The Hall–Kier alpha value is -2.77. The number of aliphatic carboxylic acids is 1. The van der Waals surface area contributed by atoms with Crippen molar-refractivity contribution in [2.45, 2.75) is 38.8 Å². The Morgan fingerprint density at radius 2 is 2.00 bits per heavy atom. The average molecular weight is 317 g/mol. The molecule has 1 heterocycles. The normalized spacial score (nSPS) is 13.3. The number of hydrogen-bond donors (Lipinski definition) is 2. The molecule has 23 heavy (non-hydrogen) atoms. The van der Waals surface area contributed by atoms with Gasteiger partial charge in [0.25, 0.3) is 0 Å². The predicted octanol–water partition coefficient (Wildman–Crippen LogP) is 1.10. The maximum atomic E-state index is 12.1. The van der Waals surface area contributed by atoms with E-state index in [2.05, 4.69) is 20.7 Å². The van der Waals surface area contributed by atoms with Gasteiger partial charge in [0.1, 0.15) is 12.1 Å². The second-order valence-corrected chi connectivity index (χ2v) is 5.44. The number of nitrogens with one attached hydrogen (secondary N) is 1. The Balaban J connectivity index is 2.04. The van der Waals surface area contributed by atoms with Gasteiger partial charge in [-0.1, -0.05) is 43.7 Å². The number of aromatic nitrogens is 4. The van der Waals surface area contributed by atoms with Gasteiger partial charge in [-0.2, -0.15) is 4.80 Å². The van der Waals surface area contributed by atoms with Gasteiger partial charge in [-0.25, -0.2) is 4.79 Å². The first-order valence-corrected chi connectivity index (χ1v) is 7.32. The molecule has 0 aliphatic heterocycles. The molecule has 0 saturated heterocycles. The quantitative estimate of drug-likeness (QED) is 0.791. The van der Waals surface area contributed by atoms with Crippen molar-refractivity contribution in [3.63, 3.8) is 0 Å². The summed E-state index contributed by atoms with van der Waals surface area (Å²) < 4.78 is 0. The molecule has 1 amide bonds. The molecule has 2 aromatic rings. The third-order valence-electron chi connectivity index (χ3n) is 3.41. The van der Waals surface area contributed by atoms with Crippen molar-refractivity contribution in [1.82, 2.24) is 25.5 Å². The predicted molar refractivity (Wildman–Crippen MR) is 82.3 cm³/mol. The minimum absolute atomic E-state index is 0.188. The van der Waals surface area contributed by atoms with E-state index in [9.17, 15) is 14.7 Å². The number of amides is 1. The molecular weight excluding hydrogens is 298 g/mol. The highest BCUT2D eigenvalue weighted by molar-refractivity contribution is 5.86. The summed E-state index contributed by atoms with van der Waals surface area (Å²) in [7, 11) is 0. The van der Waals surface area contributed by atoms with Gasteiger partial charge in [-0.05, 0) is 18.6 Å². The fourth-order valence-electron chi connectivity index (χ4n) is 2.21. The topological polar surface area (TPSA) is 110 Å². The van der Waals surface area contributed by atoms with Gasteiger partial charge in [0.2, 0.25) is 11.7 Å². The number of carboxylic acids is 1. The van der Waals surface area contributed by atoms with E-state index in [1.165, 1.54) is 6.92 Å². The molecule has 1 aromatic heterocycles. The summed E-state index contributed by atoms with van der Waals surface area (Å²) in [6.45, 7) is 3.16. The summed E-state index contributed by atoms with van der Waals surface area (Å²) >= 11 is 0. The van der Waals surface area contributed by atoms with Crippen LogP contribution in [0.4, 0.5) is 0 Å². The van der Waals surface area contributed by atoms with Crippen LogP contribution < -0.4 is 5.32 Å². The standard InChI is InChI=1S/C15H19N5O3/c1-3-9-15(2,14(22)23)16-12(21)10-20-18-13(17-19-20)11-7-5-4-6-8-11/h4-8H,3,9-10H2,1-2H3,(H,16,21)(H,22,23). The number of rotatable bonds is 7. The second-order valence-electron chi connectivity index (χ2n) is 5.44. The smallest absolute Gasteiger partial charge is 0.329 e. The zero-order chi connectivity index (χ0) is 16.9. The first-order valence-electron chi connectivity index (χ1n) is 7.32. The third-order valence-corrected chi connectivity index (χ3v) is 3.41. The Morgan fingerprint density at radius 3 is 2.61 bits per heavy atom. The molecule has 8 nitrogen and oxygen atoms in total. The molecule has 8 heteroatoms. The Kier molecular flexibility index (Phi) is 5.05. The first kappa shape index (κ1) is 16.6. The molecule has 122 valence electrons. The lowest BCUT2D eigenvalue weighted by molar-refractivity contribution is -0.147. The maximum absolute atomic E-state index is 12.1. The van der Waals surface area contributed by atoms with Crippen LogP contribution in [0.5, 0.6) is 0 Å². The van der Waals surface area contributed by atoms with Crippen LogP contribution in [-0.4, -0.2) is 42.7 Å². The summed E-state index contributed by atoms with van der Waals surface area (Å²) in [4.78, 5) is 24.5. The lowest BCUT2D eigenvalue weighted by Gasteiger charge is -2.25. The van der Waals surface area contributed by atoms with E-state index in [4.69, 9.17) is 0 Å². The van der Waals surface area contributed by atoms with E-state index in [1.807, 2.05) is 37.3 Å². The molecule has 1 aromatic carbocycles. The second kappa shape index (κ2) is 6.99. The number of carbonyl (C=O) groups excluding carboxylic acids is 1. The van der Waals surface area contributed by atoms with E-state index in [-0.39, 0.29) is 6.54 Å². The fourth-order valence-corrected chi connectivity index (χ4v) is 2.21. The van der Waals surface area contributed by atoms with E-state index in [0.29, 0.717) is 18.7 Å². The average Bonchev–Trinajstić information content (AvgIpc) is 2.96. The Morgan fingerprint density at radius 1 is 1.30 bits per heavy atom. The molecule has 0 aliphatic rings. The zero-order valence-corrected chi connectivity index (χ0v) is 13.1. The zero-order valence-electron chi connectivity index (χ0n) is 13.1. The van der Waals surface area contributed by atoms with Crippen LogP contribution in [0, 0.1) is 0 Å². The summed E-state index contributed by atoms with van der Waals surface area (Å²) in [5.74, 6) is -1.13. The fraction of sp³-hybridized carbons (Fsp3) is 0.400. The molecule has 0 saturated carbocycles. The summed E-state index contributed by atoms with van der Waals surface area (Å²) in [6.07, 6.45) is 0.983. The highest BCUT2D eigenvalue weighted by Crippen LogP contribution is 2.13. The Labute approximate surface area is 133 Å². The highest BCUT2D eigenvalue weighted by Gasteiger charge is 2.33. The number of tetrazole rings is 1. The minimum Gasteiger partial charge on any atom is -0.480 e. The van der Waals surface area contributed by atoms with E-state index >= 15 is 0 Å². The minimum atomic E-state index is -1.30. The van der Waals surface area contributed by atoms with E-state index in [1.54, 1.807) is 0 Å². The highest BCUT2D eigenvalue weighted by atomic mass is 16.4. The van der Waals surface area contributed by atoms with Gasteiger partial charge in [0.15, 0.2) is 0 Å². The van der Waals surface area contributed by atoms with Crippen LogP contribution in [0.15, 0.2) is 30.3 Å². The summed E-state index contributed by atoms with van der Waals surface area (Å²) in [5, 5.41) is 23.6. The lowest BCUT2D eigenvalue weighted by atomic mass is 9.96. The van der Waals surface area contributed by atoms with Crippen LogP contribution in [0.2, 0.25) is 0 Å². The van der Waals surface area contributed by atoms with Gasteiger partial charge in [0.05, 0.1) is 0 Å². The SMILES string of the molecule is CCCC(C)(NC(=O)Cn1nnc(-c2ccccc2)n1)C(=O)O. The number of nitrogens with zero attached hydrogens (tertiary/aromatic N) is 4. The molecule has 1 atom stereocenters. The van der Waals surface area contributed by atoms with Gasteiger partial charge in [-0.3, -0.25) is 4.79 Å². The summed E-state index contributed by atoms with van der Waals surface area (Å²) in [6, 6.07) is 9.26. The molecule has 2 N–H and O–H groups in total. The number of hydrogen-bond acceptors (Lipinski definition) is 5. The van der Waals surface area contributed by atoms with Crippen LogP contribution in [0.1, 0.15) is 26.7 Å². The van der Waals surface area contributed by atoms with Crippen molar-refractivity contribution >= 4 is 11.9 Å². The molecule has 0 aliphatic carbocycles. The van der Waals surface area contributed by atoms with Crippen molar-refractivity contribution in [3.05, 3.63) is 30.3 Å². The molecule has 0 radical (unpaired) electrons. The van der Waals surface area contributed by atoms with E-state index < -0.39 is 17.4 Å². The monoisotopic (exact) mass is 317 g/mol. The van der Waals surface area contributed by atoms with Crippen LogP contribution >= 0.6 is 0 Å². The van der Waals surface area contributed by atoms with E-state index in [0.717, 1.165) is 10.4 Å². The van der Waals surface area contributed by atoms with Crippen LogP contribution in [0.25, 0.3) is 11.4 Å². The molecule has 0 bridgehead atoms. The molecule has 0 fully saturated rings. The maximum Gasteiger partial charge on any atom is 0.329 e. The largest absolute Gasteiger partial charge is 0.480 e. The van der Waals surface area contributed by atoms with Crippen molar-refractivity contribution < 1.29 is 14.7 Å². The number of carbonyl (C=O) groups is 2. The van der Waals surface area contributed by atoms with Crippen molar-refractivity contribution in [2.24, 2.45) is 0 Å². The lowest BCUT2D eigenvalue weighted by Crippen LogP contribution is -2.53. The third kappa shape index (κ3) is 4.12. The number of carboxylic acid groups (broad SMARTS) is 1. The van der Waals surface area contributed by atoms with Crippen molar-refractivity contribution in [3.8, 4) is 11.4 Å². The van der Waals surface area contributed by atoms with Crippen LogP contribution in [-0.2, 0) is 16.1 Å². The Bertz CT molecular complexity index is 685. The first-order chi connectivity index (χ1) is 10.9. The van der Waals surface area contributed by atoms with Crippen LogP contribution in [0.3, 0.4) is 0 Å². The van der Waals surface area contributed by atoms with Crippen molar-refractivity contribution in [1.29, 1.82) is 0 Å².